The highest BCUT2D eigenvalue weighted by Crippen LogP contribution is 2.39. The van der Waals surface area contributed by atoms with Gasteiger partial charge in [-0.1, -0.05) is 24.6 Å². The molecule has 0 amide bonds. The molecule has 0 N–H and O–H groups in total. The van der Waals surface area contributed by atoms with Crippen molar-refractivity contribution < 1.29 is 4.74 Å². The molecule has 0 radical (unpaired) electrons. The van der Waals surface area contributed by atoms with E-state index in [4.69, 9.17) is 9.72 Å². The maximum Gasteiger partial charge on any atom is 0.224 e. The monoisotopic (exact) mass is 412 g/mol. The smallest absolute Gasteiger partial charge is 0.224 e. The summed E-state index contributed by atoms with van der Waals surface area (Å²) in [4.78, 5) is 16.3. The number of allylic oxidation sites excluding steroid dienone is 1. The fourth-order valence-corrected chi connectivity index (χ4v) is 4.99. The molecule has 5 nitrogen and oxygen atoms in total. The van der Waals surface area contributed by atoms with E-state index in [1.807, 2.05) is 0 Å². The maximum atomic E-state index is 6.36. The first-order valence-electron chi connectivity index (χ1n) is 11.6. The molecule has 0 spiro atoms. The zero-order valence-corrected chi connectivity index (χ0v) is 18.1. The summed E-state index contributed by atoms with van der Waals surface area (Å²) in [5, 5.41) is 0.993. The SMILES string of the molecule is CN1CCC(Oc2ncnc3ccc(C4=CCc5nc(C6CCC6)ccc54)cc23)CC1. The highest BCUT2D eigenvalue weighted by Gasteiger charge is 2.24. The molecule has 1 saturated carbocycles. The van der Waals surface area contributed by atoms with E-state index in [0.717, 1.165) is 43.3 Å². The molecular formula is C26H28N4O. The molecule has 0 bridgehead atoms. The molecule has 2 aromatic heterocycles. The van der Waals surface area contributed by atoms with Crippen molar-refractivity contribution >= 4 is 16.5 Å². The third-order valence-corrected chi connectivity index (χ3v) is 7.16. The summed E-state index contributed by atoms with van der Waals surface area (Å²) in [7, 11) is 2.17. The predicted octanol–water partition coefficient (Wildman–Crippen LogP) is 4.75. The third kappa shape index (κ3) is 3.51. The van der Waals surface area contributed by atoms with Crippen molar-refractivity contribution in [2.75, 3.05) is 20.1 Å². The van der Waals surface area contributed by atoms with Crippen LogP contribution in [-0.4, -0.2) is 46.1 Å². The number of pyridine rings is 1. The van der Waals surface area contributed by atoms with Gasteiger partial charge >= 0.3 is 0 Å². The zero-order valence-electron chi connectivity index (χ0n) is 18.1. The molecule has 2 aliphatic carbocycles. The summed E-state index contributed by atoms with van der Waals surface area (Å²) in [5.74, 6) is 1.38. The van der Waals surface area contributed by atoms with E-state index in [2.05, 4.69) is 58.3 Å². The van der Waals surface area contributed by atoms with Crippen molar-refractivity contribution in [1.29, 1.82) is 0 Å². The van der Waals surface area contributed by atoms with E-state index in [0.29, 0.717) is 11.8 Å². The highest BCUT2D eigenvalue weighted by atomic mass is 16.5. The second-order valence-electron chi connectivity index (χ2n) is 9.21. The van der Waals surface area contributed by atoms with Gasteiger partial charge < -0.3 is 9.64 Å². The lowest BCUT2D eigenvalue weighted by molar-refractivity contribution is 0.111. The van der Waals surface area contributed by atoms with Crippen LogP contribution in [0.1, 0.15) is 60.5 Å². The number of fused-ring (bicyclic) bond motifs is 2. The predicted molar refractivity (Wildman–Crippen MR) is 122 cm³/mol. The standard InChI is InChI=1S/C26H28N4O/c1-30-13-11-19(12-14-30)31-26-22-15-18(5-8-24(22)27-16-28-26)20-6-10-25-21(20)7-9-23(29-25)17-3-2-4-17/h5-9,15-17,19H,2-4,10-14H2,1H3. The van der Waals surface area contributed by atoms with Gasteiger partial charge in [-0.15, -0.1) is 0 Å². The van der Waals surface area contributed by atoms with Gasteiger partial charge in [-0.2, -0.15) is 0 Å². The molecule has 6 rings (SSSR count). The van der Waals surface area contributed by atoms with Crippen molar-refractivity contribution in [2.45, 2.75) is 50.5 Å². The van der Waals surface area contributed by atoms with Crippen LogP contribution in [0.25, 0.3) is 16.5 Å². The normalized spacial score (nSPS) is 19.8. The number of rotatable bonds is 4. The number of benzene rings is 1. The second kappa shape index (κ2) is 7.72. The number of piperidine rings is 1. The van der Waals surface area contributed by atoms with Crippen LogP contribution in [0.5, 0.6) is 5.88 Å². The van der Waals surface area contributed by atoms with Gasteiger partial charge in [0, 0.05) is 36.7 Å². The molecular weight excluding hydrogens is 384 g/mol. The lowest BCUT2D eigenvalue weighted by Gasteiger charge is -2.29. The average molecular weight is 413 g/mol. The first-order chi connectivity index (χ1) is 15.2. The maximum absolute atomic E-state index is 6.36. The Bertz CT molecular complexity index is 1160. The Morgan fingerprint density at radius 3 is 2.68 bits per heavy atom. The summed E-state index contributed by atoms with van der Waals surface area (Å²) < 4.78 is 6.36. The number of likely N-dealkylation sites (tertiary alicyclic amines) is 1. The lowest BCUT2D eigenvalue weighted by atomic mass is 9.82. The molecule has 5 heteroatoms. The molecule has 1 aliphatic heterocycles. The van der Waals surface area contributed by atoms with Gasteiger partial charge in [-0.25, -0.2) is 9.97 Å². The summed E-state index contributed by atoms with van der Waals surface area (Å²) >= 11 is 0. The second-order valence-corrected chi connectivity index (χ2v) is 9.21. The molecule has 0 unspecified atom stereocenters. The quantitative estimate of drug-likeness (QED) is 0.619. The molecule has 1 saturated heterocycles. The Morgan fingerprint density at radius 2 is 1.87 bits per heavy atom. The molecule has 1 aromatic carbocycles. The topological polar surface area (TPSA) is 51.1 Å². The molecule has 2 fully saturated rings. The van der Waals surface area contributed by atoms with Crippen molar-refractivity contribution in [3.8, 4) is 5.88 Å². The average Bonchev–Trinajstić information content (AvgIpc) is 3.17. The Balaban J connectivity index is 1.31. The van der Waals surface area contributed by atoms with E-state index < -0.39 is 0 Å². The highest BCUT2D eigenvalue weighted by molar-refractivity contribution is 5.91. The van der Waals surface area contributed by atoms with Gasteiger partial charge in [0.05, 0.1) is 16.6 Å². The van der Waals surface area contributed by atoms with Crippen molar-refractivity contribution in [1.82, 2.24) is 19.9 Å². The van der Waals surface area contributed by atoms with Crippen LogP contribution in [0.15, 0.2) is 42.7 Å². The molecule has 158 valence electrons. The van der Waals surface area contributed by atoms with Crippen LogP contribution in [0, 0.1) is 0 Å². The third-order valence-electron chi connectivity index (χ3n) is 7.16. The molecule has 31 heavy (non-hydrogen) atoms. The fraction of sp³-hybridized carbons (Fsp3) is 0.423. The van der Waals surface area contributed by atoms with E-state index >= 15 is 0 Å². The first-order valence-corrected chi connectivity index (χ1v) is 11.6. The van der Waals surface area contributed by atoms with E-state index in [1.54, 1.807) is 6.33 Å². The Morgan fingerprint density at radius 1 is 1.00 bits per heavy atom. The number of hydrogen-bond donors (Lipinski definition) is 0. The van der Waals surface area contributed by atoms with Gasteiger partial charge in [-0.3, -0.25) is 4.98 Å². The Labute approximate surface area is 183 Å². The Hall–Kier alpha value is -2.79. The first kappa shape index (κ1) is 18.9. The van der Waals surface area contributed by atoms with Crippen molar-refractivity contribution in [3.05, 3.63) is 65.2 Å². The van der Waals surface area contributed by atoms with Gasteiger partial charge in [0.2, 0.25) is 5.88 Å². The molecule has 3 aliphatic rings. The van der Waals surface area contributed by atoms with Gasteiger partial charge in [-0.05, 0) is 62.1 Å². The minimum absolute atomic E-state index is 0.221. The van der Waals surface area contributed by atoms with Crippen LogP contribution < -0.4 is 4.74 Å². The number of aromatic nitrogens is 3. The molecule has 0 atom stereocenters. The zero-order chi connectivity index (χ0) is 20.8. The van der Waals surface area contributed by atoms with Crippen molar-refractivity contribution in [2.24, 2.45) is 0 Å². The largest absolute Gasteiger partial charge is 0.474 e. The number of nitrogens with zero attached hydrogens (tertiary/aromatic N) is 4. The van der Waals surface area contributed by atoms with Gasteiger partial charge in [0.1, 0.15) is 12.4 Å². The molecule has 3 heterocycles. The number of ether oxygens (including phenoxy) is 1. The summed E-state index contributed by atoms with van der Waals surface area (Å²) in [5.41, 5.74) is 7.13. The lowest BCUT2D eigenvalue weighted by Crippen LogP contribution is -2.35. The fourth-order valence-electron chi connectivity index (χ4n) is 4.99. The van der Waals surface area contributed by atoms with Crippen molar-refractivity contribution in [3.63, 3.8) is 0 Å². The van der Waals surface area contributed by atoms with Gasteiger partial charge in [0.15, 0.2) is 0 Å². The number of hydrogen-bond acceptors (Lipinski definition) is 5. The van der Waals surface area contributed by atoms with E-state index in [1.165, 1.54) is 47.4 Å². The van der Waals surface area contributed by atoms with Crippen LogP contribution in [0.2, 0.25) is 0 Å². The van der Waals surface area contributed by atoms with Crippen LogP contribution in [0.3, 0.4) is 0 Å². The van der Waals surface area contributed by atoms with Gasteiger partial charge in [0.25, 0.3) is 0 Å². The minimum Gasteiger partial charge on any atom is -0.474 e. The summed E-state index contributed by atoms with van der Waals surface area (Å²) in [6.07, 6.45) is 11.0. The van der Waals surface area contributed by atoms with Crippen LogP contribution in [0.4, 0.5) is 0 Å². The van der Waals surface area contributed by atoms with Crippen LogP contribution >= 0.6 is 0 Å². The van der Waals surface area contributed by atoms with Crippen LogP contribution in [-0.2, 0) is 6.42 Å². The summed E-state index contributed by atoms with van der Waals surface area (Å²) in [6.45, 7) is 2.14. The minimum atomic E-state index is 0.221. The summed E-state index contributed by atoms with van der Waals surface area (Å²) in [6, 6.07) is 11.0. The Kier molecular flexibility index (Phi) is 4.72. The molecule has 3 aromatic rings. The van der Waals surface area contributed by atoms with E-state index in [-0.39, 0.29) is 6.10 Å². The van der Waals surface area contributed by atoms with E-state index in [9.17, 15) is 0 Å².